The second-order valence-corrected chi connectivity index (χ2v) is 6.56. The summed E-state index contributed by atoms with van der Waals surface area (Å²) < 4.78 is 20.3. The summed E-state index contributed by atoms with van der Waals surface area (Å²) in [6.07, 6.45) is 3.81. The minimum absolute atomic E-state index is 0.183. The van der Waals surface area contributed by atoms with Gasteiger partial charge in [0.2, 0.25) is 0 Å². The number of benzene rings is 1. The average Bonchev–Trinajstić information content (AvgIpc) is 2.84. The van der Waals surface area contributed by atoms with Crippen molar-refractivity contribution in [2.24, 2.45) is 5.92 Å². The van der Waals surface area contributed by atoms with E-state index in [9.17, 15) is 9.18 Å². The van der Waals surface area contributed by atoms with Gasteiger partial charge in [-0.05, 0) is 53.7 Å². The van der Waals surface area contributed by atoms with E-state index in [1.165, 1.54) is 12.1 Å². The van der Waals surface area contributed by atoms with Gasteiger partial charge < -0.3 is 15.2 Å². The van der Waals surface area contributed by atoms with E-state index in [4.69, 9.17) is 9.84 Å². The van der Waals surface area contributed by atoms with Gasteiger partial charge in [0.25, 0.3) is 0 Å². The highest BCUT2D eigenvalue weighted by atomic mass is 79.9. The predicted molar refractivity (Wildman–Crippen MR) is 78.9 cm³/mol. The van der Waals surface area contributed by atoms with Crippen molar-refractivity contribution in [2.75, 3.05) is 6.54 Å². The van der Waals surface area contributed by atoms with Crippen molar-refractivity contribution in [3.8, 4) is 5.75 Å². The fourth-order valence-corrected chi connectivity index (χ4v) is 3.32. The van der Waals surface area contributed by atoms with Crippen LogP contribution in [-0.2, 0) is 4.79 Å². The lowest BCUT2D eigenvalue weighted by molar-refractivity contribution is -0.141. The van der Waals surface area contributed by atoms with Crippen LogP contribution in [0.5, 0.6) is 5.75 Å². The highest BCUT2D eigenvalue weighted by Gasteiger charge is 2.33. The fourth-order valence-electron chi connectivity index (χ4n) is 2.78. The molecule has 0 bridgehead atoms. The van der Waals surface area contributed by atoms with Gasteiger partial charge in [0.15, 0.2) is 0 Å². The van der Waals surface area contributed by atoms with Gasteiger partial charge in [0.1, 0.15) is 11.6 Å². The Morgan fingerprint density at radius 2 is 2.19 bits per heavy atom. The van der Waals surface area contributed by atoms with Crippen molar-refractivity contribution < 1.29 is 19.0 Å². The topological polar surface area (TPSA) is 58.6 Å². The van der Waals surface area contributed by atoms with Crippen LogP contribution in [0.3, 0.4) is 0 Å². The van der Waals surface area contributed by atoms with Crippen LogP contribution in [0.25, 0.3) is 0 Å². The molecule has 1 saturated carbocycles. The normalized spacial score (nSPS) is 25.6. The Balaban J connectivity index is 1.87. The third-order valence-corrected chi connectivity index (χ3v) is 4.82. The first-order valence-electron chi connectivity index (χ1n) is 7.16. The van der Waals surface area contributed by atoms with Crippen LogP contribution in [0.15, 0.2) is 16.6 Å². The summed E-state index contributed by atoms with van der Waals surface area (Å²) in [4.78, 5) is 11.1. The summed E-state index contributed by atoms with van der Waals surface area (Å²) in [5.74, 6) is -0.960. The predicted octanol–water partition coefficient (Wildman–Crippen LogP) is 3.25. The molecular formula is C15H17BrFNO3. The summed E-state index contributed by atoms with van der Waals surface area (Å²) in [5, 5.41) is 12.3. The molecule has 114 valence electrons. The van der Waals surface area contributed by atoms with Gasteiger partial charge in [-0.1, -0.05) is 0 Å². The lowest BCUT2D eigenvalue weighted by Gasteiger charge is -2.29. The van der Waals surface area contributed by atoms with Gasteiger partial charge in [-0.25, -0.2) is 4.39 Å². The van der Waals surface area contributed by atoms with E-state index in [0.29, 0.717) is 28.8 Å². The molecular weight excluding hydrogens is 341 g/mol. The second-order valence-electron chi connectivity index (χ2n) is 5.71. The van der Waals surface area contributed by atoms with Gasteiger partial charge in [-0.2, -0.15) is 0 Å². The molecule has 0 amide bonds. The molecule has 1 aliphatic carbocycles. The SMILES string of the molecule is O=C(O)C1CNC(c2cc(F)cc(Br)c2OC2CCC2)C1. The zero-order chi connectivity index (χ0) is 15.0. The van der Waals surface area contributed by atoms with E-state index in [2.05, 4.69) is 21.2 Å². The standard InChI is InChI=1S/C15H17BrFNO3/c16-12-6-9(17)5-11(14(12)21-10-2-1-3-10)13-4-8(7-18-13)15(19)20/h5-6,8,10,13,18H,1-4,7H2,(H,19,20). The van der Waals surface area contributed by atoms with Gasteiger partial charge in [-0.3, -0.25) is 4.79 Å². The van der Waals surface area contributed by atoms with Crippen molar-refractivity contribution in [1.29, 1.82) is 0 Å². The van der Waals surface area contributed by atoms with Gasteiger partial charge >= 0.3 is 5.97 Å². The van der Waals surface area contributed by atoms with Gasteiger partial charge in [0.05, 0.1) is 16.5 Å². The highest BCUT2D eigenvalue weighted by Crippen LogP contribution is 2.40. The van der Waals surface area contributed by atoms with Crippen molar-refractivity contribution in [2.45, 2.75) is 37.8 Å². The Labute approximate surface area is 130 Å². The Morgan fingerprint density at radius 1 is 1.43 bits per heavy atom. The quantitative estimate of drug-likeness (QED) is 0.868. The summed E-state index contributed by atoms with van der Waals surface area (Å²) in [6, 6.07) is 2.65. The van der Waals surface area contributed by atoms with Crippen molar-refractivity contribution >= 4 is 21.9 Å². The van der Waals surface area contributed by atoms with Crippen LogP contribution in [-0.4, -0.2) is 23.7 Å². The Kier molecular flexibility index (Phi) is 4.17. The maximum absolute atomic E-state index is 13.7. The van der Waals surface area contributed by atoms with E-state index in [1.54, 1.807) is 0 Å². The molecule has 1 aromatic rings. The molecule has 21 heavy (non-hydrogen) atoms. The smallest absolute Gasteiger partial charge is 0.307 e. The largest absolute Gasteiger partial charge is 0.489 e. The molecule has 1 aromatic carbocycles. The zero-order valence-corrected chi connectivity index (χ0v) is 13.0. The minimum atomic E-state index is -0.818. The number of aliphatic carboxylic acids is 1. The molecule has 2 atom stereocenters. The van der Waals surface area contributed by atoms with E-state index >= 15 is 0 Å². The number of carboxylic acid groups (broad SMARTS) is 1. The second kappa shape index (κ2) is 5.93. The Morgan fingerprint density at radius 3 is 2.76 bits per heavy atom. The van der Waals surface area contributed by atoms with Gasteiger partial charge in [-0.15, -0.1) is 0 Å². The molecule has 1 heterocycles. The number of ether oxygens (including phenoxy) is 1. The summed E-state index contributed by atoms with van der Waals surface area (Å²) >= 11 is 3.36. The van der Waals surface area contributed by atoms with Crippen LogP contribution in [0, 0.1) is 11.7 Å². The summed E-state index contributed by atoms with van der Waals surface area (Å²) in [7, 11) is 0. The van der Waals surface area contributed by atoms with Crippen molar-refractivity contribution in [1.82, 2.24) is 5.32 Å². The molecule has 1 saturated heterocycles. The molecule has 4 nitrogen and oxygen atoms in total. The van der Waals surface area contributed by atoms with Gasteiger partial charge in [0, 0.05) is 18.2 Å². The molecule has 0 radical (unpaired) electrons. The summed E-state index contributed by atoms with van der Waals surface area (Å²) in [6.45, 7) is 0.400. The van der Waals surface area contributed by atoms with Crippen LogP contribution in [0.1, 0.15) is 37.3 Å². The van der Waals surface area contributed by atoms with Crippen LogP contribution in [0.4, 0.5) is 4.39 Å². The minimum Gasteiger partial charge on any atom is -0.489 e. The number of hydrogen-bond donors (Lipinski definition) is 2. The Hall–Kier alpha value is -1.14. The first kappa shape index (κ1) is 14.8. The number of carboxylic acids is 1. The van der Waals surface area contributed by atoms with E-state index in [0.717, 1.165) is 19.3 Å². The maximum atomic E-state index is 13.7. The van der Waals surface area contributed by atoms with Crippen LogP contribution >= 0.6 is 15.9 Å². The molecule has 2 N–H and O–H groups in total. The lowest BCUT2D eigenvalue weighted by Crippen LogP contribution is -2.26. The first-order chi connectivity index (χ1) is 10.0. The van der Waals surface area contributed by atoms with Crippen LogP contribution in [0.2, 0.25) is 0 Å². The monoisotopic (exact) mass is 357 g/mol. The molecule has 1 aliphatic heterocycles. The summed E-state index contributed by atoms with van der Waals surface area (Å²) in [5.41, 5.74) is 0.706. The Bertz CT molecular complexity index is 562. The third-order valence-electron chi connectivity index (χ3n) is 4.23. The fraction of sp³-hybridized carbons (Fsp3) is 0.533. The van der Waals surface area contributed by atoms with E-state index < -0.39 is 11.9 Å². The van der Waals surface area contributed by atoms with E-state index in [1.807, 2.05) is 0 Å². The van der Waals surface area contributed by atoms with Crippen molar-refractivity contribution in [3.63, 3.8) is 0 Å². The number of rotatable bonds is 4. The highest BCUT2D eigenvalue weighted by molar-refractivity contribution is 9.10. The third kappa shape index (κ3) is 3.06. The lowest BCUT2D eigenvalue weighted by atomic mass is 9.95. The van der Waals surface area contributed by atoms with Crippen molar-refractivity contribution in [3.05, 3.63) is 28.0 Å². The molecule has 2 aliphatic rings. The molecule has 3 rings (SSSR count). The first-order valence-corrected chi connectivity index (χ1v) is 7.95. The van der Waals surface area contributed by atoms with E-state index in [-0.39, 0.29) is 18.0 Å². The molecule has 6 heteroatoms. The zero-order valence-electron chi connectivity index (χ0n) is 11.4. The number of hydrogen-bond acceptors (Lipinski definition) is 3. The number of nitrogens with one attached hydrogen (secondary N) is 1. The molecule has 0 spiro atoms. The molecule has 2 unspecified atom stereocenters. The molecule has 0 aromatic heterocycles. The number of carbonyl (C=O) groups is 1. The average molecular weight is 358 g/mol. The maximum Gasteiger partial charge on any atom is 0.307 e. The molecule has 2 fully saturated rings. The number of halogens is 2. The van der Waals surface area contributed by atoms with Crippen LogP contribution < -0.4 is 10.1 Å².